The Morgan fingerprint density at radius 3 is 3.07 bits per heavy atom. The molecule has 0 aliphatic rings. The van der Waals surface area contributed by atoms with E-state index in [1.165, 1.54) is 0 Å². The summed E-state index contributed by atoms with van der Waals surface area (Å²) in [5, 5.41) is 10.9. The average molecular weight is 224 g/mol. The lowest BCUT2D eigenvalue weighted by Crippen LogP contribution is -2.05. The number of hydrogen-bond donors (Lipinski definition) is 1. The first-order chi connectivity index (χ1) is 7.25. The van der Waals surface area contributed by atoms with Crippen LogP contribution in [0.25, 0.3) is 0 Å². The number of nitrogens with zero attached hydrogens (tertiary/aromatic N) is 4. The van der Waals surface area contributed by atoms with E-state index in [4.69, 9.17) is 11.6 Å². The fourth-order valence-electron chi connectivity index (χ4n) is 1.19. The number of imidazole rings is 1. The molecule has 78 valence electrons. The fraction of sp³-hybridized carbons (Fsp3) is 0.222. The average Bonchev–Trinajstić information content (AvgIpc) is 2.61. The van der Waals surface area contributed by atoms with Crippen LogP contribution in [0.4, 0.5) is 5.69 Å². The van der Waals surface area contributed by atoms with Gasteiger partial charge in [0.05, 0.1) is 18.4 Å². The molecule has 15 heavy (non-hydrogen) atoms. The summed E-state index contributed by atoms with van der Waals surface area (Å²) in [4.78, 5) is 4.18. The van der Waals surface area contributed by atoms with Gasteiger partial charge in [-0.25, -0.2) is 4.98 Å². The second-order valence-corrected chi connectivity index (χ2v) is 3.46. The fourth-order valence-corrected chi connectivity index (χ4v) is 1.35. The second-order valence-electron chi connectivity index (χ2n) is 3.07. The molecule has 5 nitrogen and oxygen atoms in total. The Morgan fingerprint density at radius 1 is 1.53 bits per heavy atom. The van der Waals surface area contributed by atoms with Crippen LogP contribution in [-0.2, 0) is 13.6 Å². The minimum atomic E-state index is 0.375. The summed E-state index contributed by atoms with van der Waals surface area (Å²) in [6.07, 6.45) is 5.28. The van der Waals surface area contributed by atoms with Crippen molar-refractivity contribution in [3.05, 3.63) is 35.6 Å². The monoisotopic (exact) mass is 223 g/mol. The van der Waals surface area contributed by atoms with Crippen LogP contribution < -0.4 is 5.32 Å². The molecule has 2 aromatic rings. The van der Waals surface area contributed by atoms with Gasteiger partial charge >= 0.3 is 0 Å². The Bertz CT molecular complexity index is 453. The number of halogens is 1. The second kappa shape index (κ2) is 4.27. The molecular weight excluding hydrogens is 214 g/mol. The number of anilines is 1. The lowest BCUT2D eigenvalue weighted by Gasteiger charge is -2.05. The lowest BCUT2D eigenvalue weighted by atomic mass is 10.4. The van der Waals surface area contributed by atoms with Crippen LogP contribution in [-0.4, -0.2) is 19.7 Å². The Morgan fingerprint density at radius 2 is 2.40 bits per heavy atom. The van der Waals surface area contributed by atoms with Gasteiger partial charge in [0.15, 0.2) is 5.15 Å². The first-order valence-electron chi connectivity index (χ1n) is 4.44. The highest BCUT2D eigenvalue weighted by molar-refractivity contribution is 6.29. The van der Waals surface area contributed by atoms with Gasteiger partial charge in [-0.05, 0) is 0 Å². The van der Waals surface area contributed by atoms with Crippen LogP contribution in [0, 0.1) is 0 Å². The molecule has 2 heterocycles. The summed E-state index contributed by atoms with van der Waals surface area (Å²) in [5.74, 6) is 0.947. The van der Waals surface area contributed by atoms with Crippen molar-refractivity contribution in [2.45, 2.75) is 6.54 Å². The molecule has 0 aliphatic carbocycles. The molecule has 0 spiro atoms. The Kier molecular flexibility index (Phi) is 2.82. The number of rotatable bonds is 3. The highest BCUT2D eigenvalue weighted by Crippen LogP contribution is 2.10. The SMILES string of the molecule is Cn1ccnc1CNc1cnnc(Cl)c1. The van der Waals surface area contributed by atoms with Crippen molar-refractivity contribution < 1.29 is 0 Å². The summed E-state index contributed by atoms with van der Waals surface area (Å²) in [7, 11) is 1.95. The van der Waals surface area contributed by atoms with Crippen molar-refractivity contribution in [1.82, 2.24) is 19.7 Å². The smallest absolute Gasteiger partial charge is 0.153 e. The maximum absolute atomic E-state index is 5.70. The molecule has 0 aliphatic heterocycles. The predicted octanol–water partition coefficient (Wildman–Crippen LogP) is 1.48. The molecule has 6 heteroatoms. The van der Waals surface area contributed by atoms with E-state index < -0.39 is 0 Å². The molecule has 2 rings (SSSR count). The van der Waals surface area contributed by atoms with E-state index in [-0.39, 0.29) is 0 Å². The minimum Gasteiger partial charge on any atom is -0.376 e. The lowest BCUT2D eigenvalue weighted by molar-refractivity contribution is 0.812. The zero-order valence-corrected chi connectivity index (χ0v) is 8.94. The molecular formula is C9H10ClN5. The standard InChI is InChI=1S/C9H10ClN5/c1-15-3-2-11-9(15)6-12-7-4-8(10)14-13-5-7/h2-5H,6H2,1H3,(H,12,14). The molecule has 0 saturated carbocycles. The first kappa shape index (κ1) is 9.92. The molecule has 2 aromatic heterocycles. The van der Waals surface area contributed by atoms with Crippen molar-refractivity contribution in [3.63, 3.8) is 0 Å². The van der Waals surface area contributed by atoms with Gasteiger partial charge in [0, 0.05) is 25.5 Å². The summed E-state index contributed by atoms with van der Waals surface area (Å²) in [6.45, 7) is 0.630. The molecule has 0 amide bonds. The van der Waals surface area contributed by atoms with Crippen LogP contribution in [0.3, 0.4) is 0 Å². The number of nitrogens with one attached hydrogen (secondary N) is 1. The van der Waals surface area contributed by atoms with Crippen LogP contribution in [0.15, 0.2) is 24.7 Å². The summed E-state index contributed by atoms with van der Waals surface area (Å²) < 4.78 is 1.95. The van der Waals surface area contributed by atoms with Gasteiger partial charge in [0.2, 0.25) is 0 Å². The third-order valence-corrected chi connectivity index (χ3v) is 2.18. The van der Waals surface area contributed by atoms with Gasteiger partial charge in [-0.2, -0.15) is 5.10 Å². The van der Waals surface area contributed by atoms with Gasteiger partial charge in [-0.1, -0.05) is 11.6 Å². The topological polar surface area (TPSA) is 55.6 Å². The predicted molar refractivity (Wildman–Crippen MR) is 57.6 cm³/mol. The van der Waals surface area contributed by atoms with Gasteiger partial charge < -0.3 is 9.88 Å². The normalized spacial score (nSPS) is 10.3. The Labute approximate surface area is 92.1 Å². The minimum absolute atomic E-state index is 0.375. The van der Waals surface area contributed by atoms with E-state index >= 15 is 0 Å². The van der Waals surface area contributed by atoms with Crippen molar-refractivity contribution in [2.24, 2.45) is 7.05 Å². The van der Waals surface area contributed by atoms with E-state index in [0.29, 0.717) is 11.7 Å². The molecule has 0 atom stereocenters. The van der Waals surface area contributed by atoms with E-state index in [0.717, 1.165) is 11.5 Å². The summed E-state index contributed by atoms with van der Waals surface area (Å²) in [6, 6.07) is 1.72. The number of aryl methyl sites for hydroxylation is 1. The largest absolute Gasteiger partial charge is 0.376 e. The van der Waals surface area contributed by atoms with Crippen LogP contribution in [0.5, 0.6) is 0 Å². The molecule has 0 radical (unpaired) electrons. The van der Waals surface area contributed by atoms with Crippen molar-refractivity contribution in [2.75, 3.05) is 5.32 Å². The quantitative estimate of drug-likeness (QED) is 0.856. The summed E-state index contributed by atoms with van der Waals surface area (Å²) in [5.41, 5.74) is 0.831. The van der Waals surface area contributed by atoms with Crippen molar-refractivity contribution in [3.8, 4) is 0 Å². The number of aromatic nitrogens is 4. The maximum atomic E-state index is 5.70. The molecule has 0 saturated heterocycles. The van der Waals surface area contributed by atoms with E-state index in [1.54, 1.807) is 18.5 Å². The molecule has 0 bridgehead atoms. The van der Waals surface area contributed by atoms with Crippen molar-refractivity contribution in [1.29, 1.82) is 0 Å². The zero-order chi connectivity index (χ0) is 10.7. The van der Waals surface area contributed by atoms with Crippen molar-refractivity contribution >= 4 is 17.3 Å². The van der Waals surface area contributed by atoms with E-state index in [9.17, 15) is 0 Å². The third-order valence-electron chi connectivity index (χ3n) is 2.00. The third kappa shape index (κ3) is 2.44. The highest BCUT2D eigenvalue weighted by atomic mass is 35.5. The van der Waals surface area contributed by atoms with E-state index in [2.05, 4.69) is 20.5 Å². The number of hydrogen-bond acceptors (Lipinski definition) is 4. The molecule has 0 aromatic carbocycles. The molecule has 0 fully saturated rings. The van der Waals surface area contributed by atoms with Gasteiger partial charge in [-0.15, -0.1) is 5.10 Å². The zero-order valence-electron chi connectivity index (χ0n) is 8.18. The summed E-state index contributed by atoms with van der Waals surface area (Å²) >= 11 is 5.70. The Balaban J connectivity index is 2.02. The molecule has 0 unspecified atom stereocenters. The van der Waals surface area contributed by atoms with Crippen LogP contribution >= 0.6 is 11.6 Å². The van der Waals surface area contributed by atoms with Crippen LogP contribution in [0.1, 0.15) is 5.82 Å². The molecule has 1 N–H and O–H groups in total. The van der Waals surface area contributed by atoms with E-state index in [1.807, 2.05) is 17.8 Å². The van der Waals surface area contributed by atoms with Crippen LogP contribution in [0.2, 0.25) is 5.15 Å². The van der Waals surface area contributed by atoms with Gasteiger partial charge in [0.1, 0.15) is 5.82 Å². The van der Waals surface area contributed by atoms with Gasteiger partial charge in [-0.3, -0.25) is 0 Å². The maximum Gasteiger partial charge on any atom is 0.153 e. The Hall–Kier alpha value is -1.62. The first-order valence-corrected chi connectivity index (χ1v) is 4.82. The highest BCUT2D eigenvalue weighted by Gasteiger charge is 1.99. The van der Waals surface area contributed by atoms with Gasteiger partial charge in [0.25, 0.3) is 0 Å².